The highest BCUT2D eigenvalue weighted by Crippen LogP contribution is 2.42. The number of anilines is 3. The summed E-state index contributed by atoms with van der Waals surface area (Å²) in [4.78, 5) is 104. The summed E-state index contributed by atoms with van der Waals surface area (Å²) in [5, 5.41) is 8.79. The van der Waals surface area contributed by atoms with Crippen molar-refractivity contribution in [2.45, 2.75) is 119 Å². The van der Waals surface area contributed by atoms with Crippen LogP contribution in [-0.2, 0) is 49.7 Å². The minimum absolute atomic E-state index is 0. The lowest BCUT2D eigenvalue weighted by Crippen LogP contribution is -2.51. The van der Waals surface area contributed by atoms with Gasteiger partial charge in [-0.2, -0.15) is 0 Å². The molecule has 4 aromatic carbocycles. The summed E-state index contributed by atoms with van der Waals surface area (Å²) in [6, 6.07) is 61.0. The SMILES string of the molecule is C.C.C.Cc1ccc2c(c1)C=Cc1cccnc1C2N1CCN(C(=O)Cc2cccnc2)CC1.Cc1ccc2c(c1)CCc1cccnc1C2N1CCN(C(=O)Nc2ccccn2)CC1.Cc1ccc2c(c1)CCc1cccnc1C2N1CCN(C(=O)Nc2cccnc2)CC1.Cc1ccc2c(c1)CCc1cccnc1[C@H]2N1CCN(C(=O)Nc2cccnc2)CC1. The Balaban J connectivity index is 0.000000136. The number of aromatic nitrogens is 8. The number of hydrogen-bond acceptors (Lipinski definition) is 16. The maximum Gasteiger partial charge on any atom is 0.323 e. The Morgan fingerprint density at radius 3 is 1.06 bits per heavy atom. The number of nitrogens with zero attached hydrogens (tertiary/aromatic N) is 16. The van der Waals surface area contributed by atoms with Gasteiger partial charge in [0.05, 0.1) is 77.1 Å². The molecule has 7 amide bonds. The van der Waals surface area contributed by atoms with E-state index >= 15 is 0 Å². The first-order valence-electron chi connectivity index (χ1n) is 43.6. The number of benzene rings is 4. The topological polar surface area (TPSA) is 233 Å². The number of nitrogens with one attached hydrogen (secondary N) is 3. The van der Waals surface area contributed by atoms with Crippen molar-refractivity contribution < 1.29 is 19.2 Å². The highest BCUT2D eigenvalue weighted by Gasteiger charge is 2.39. The summed E-state index contributed by atoms with van der Waals surface area (Å²) < 4.78 is 0. The van der Waals surface area contributed by atoms with E-state index in [2.05, 4.69) is 192 Å². The van der Waals surface area contributed by atoms with Crippen molar-refractivity contribution in [1.82, 2.24) is 79.1 Å². The van der Waals surface area contributed by atoms with E-state index < -0.39 is 0 Å². The zero-order valence-corrected chi connectivity index (χ0v) is 71.1. The van der Waals surface area contributed by atoms with E-state index in [1.54, 1.807) is 49.4 Å². The molecule has 0 saturated carbocycles. The van der Waals surface area contributed by atoms with Gasteiger partial charge in [0.2, 0.25) is 5.91 Å². The van der Waals surface area contributed by atoms with E-state index in [0.717, 1.165) is 138 Å². The molecule has 4 aliphatic carbocycles. The van der Waals surface area contributed by atoms with Crippen LogP contribution in [0.3, 0.4) is 0 Å². The monoisotopic (exact) mass is 1700 g/mol. The molecular weight excluding hydrogens is 1580 g/mol. The number of urea groups is 3. The van der Waals surface area contributed by atoms with Crippen LogP contribution in [0.1, 0.15) is 164 Å². The fraction of sp³-hybridized carbons (Fsp3) is 0.327. The number of amides is 7. The average molecular weight is 1700 g/mol. The van der Waals surface area contributed by atoms with Gasteiger partial charge >= 0.3 is 18.1 Å². The smallest absolute Gasteiger partial charge is 0.323 e. The van der Waals surface area contributed by atoms with Crippen molar-refractivity contribution >= 4 is 53.3 Å². The molecule has 12 aromatic rings. The lowest BCUT2D eigenvalue weighted by Gasteiger charge is -2.39. The van der Waals surface area contributed by atoms with E-state index in [4.69, 9.17) is 19.9 Å². The molecular formula is C104H119N19O4. The van der Waals surface area contributed by atoms with Gasteiger partial charge in [0, 0.05) is 160 Å². The highest BCUT2D eigenvalue weighted by atomic mass is 16.2. The molecule has 12 heterocycles. The third-order valence-electron chi connectivity index (χ3n) is 25.2. The number of pyridine rings is 8. The van der Waals surface area contributed by atoms with Crippen molar-refractivity contribution in [2.75, 3.05) is 121 Å². The fourth-order valence-electron chi connectivity index (χ4n) is 18.8. The Bertz CT molecular complexity index is 5220. The molecule has 4 saturated heterocycles. The van der Waals surface area contributed by atoms with Gasteiger partial charge in [0.15, 0.2) is 0 Å². The van der Waals surface area contributed by atoms with Crippen LogP contribution in [0.4, 0.5) is 31.6 Å². The number of rotatable bonds is 9. The van der Waals surface area contributed by atoms with E-state index in [1.165, 1.54) is 94.8 Å². The Labute approximate surface area is 748 Å². The van der Waals surface area contributed by atoms with Crippen LogP contribution in [0, 0.1) is 27.7 Å². The minimum atomic E-state index is -0.0891. The van der Waals surface area contributed by atoms with Crippen molar-refractivity contribution in [2.24, 2.45) is 0 Å². The van der Waals surface area contributed by atoms with E-state index in [0.29, 0.717) is 51.5 Å². The van der Waals surface area contributed by atoms with Crippen LogP contribution in [0.15, 0.2) is 244 Å². The zero-order valence-electron chi connectivity index (χ0n) is 71.1. The molecule has 127 heavy (non-hydrogen) atoms. The van der Waals surface area contributed by atoms with Gasteiger partial charge in [-0.25, -0.2) is 19.4 Å². The van der Waals surface area contributed by atoms with Gasteiger partial charge in [-0.3, -0.25) is 64.6 Å². The first-order chi connectivity index (χ1) is 60.7. The number of piperazine rings is 4. The standard InChI is InChI=1S/C26H26N4O.3C25H27N5O.3CH4/c1-19-6-9-23-22(16-19)8-7-21-5-3-11-28-25(21)26(23)30-14-12-29(13-15-30)24(31)17-20-4-2-10-27-18-20;2*1-18-6-9-22-20(16-18)8-7-19-4-2-11-27-23(19)24(22)29-12-14-30(15-13-29)25(31)28-21-5-3-10-26-17-21;1-18-7-10-21-20(17-18)9-8-19-5-4-12-27-23(19)24(21)29-13-15-30(16-14-29)25(31)28-22-6-2-3-11-26-22;;;/h2-11,16,18,26H,12-15,17H2,1H3;2*2-6,9-11,16-17,24H,7-8,12-15H2,1H3,(H,28,31);2-7,10-12,17,24H,8-9,13-16H2,1H3,(H,26,28,31);3*1H4/t;24-;;;;;/m.0...../s1. The molecule has 3 N–H and O–H groups in total. The molecule has 20 rings (SSSR count). The molecule has 0 radical (unpaired) electrons. The molecule has 0 spiro atoms. The second-order valence-electron chi connectivity index (χ2n) is 33.3. The zero-order chi connectivity index (χ0) is 84.8. The molecule has 23 nitrogen and oxygen atoms in total. The van der Waals surface area contributed by atoms with Crippen molar-refractivity contribution in [1.29, 1.82) is 0 Å². The van der Waals surface area contributed by atoms with Crippen LogP contribution in [0.5, 0.6) is 0 Å². The Morgan fingerprint density at radius 1 is 0.307 bits per heavy atom. The Kier molecular flexibility index (Phi) is 30.0. The van der Waals surface area contributed by atoms with E-state index in [1.807, 2.05) is 117 Å². The van der Waals surface area contributed by atoms with Crippen LogP contribution in [-0.4, -0.2) is 208 Å². The molecule has 23 heteroatoms. The summed E-state index contributed by atoms with van der Waals surface area (Å²) in [7, 11) is 0. The molecule has 654 valence electrons. The largest absolute Gasteiger partial charge is 0.340 e. The second kappa shape index (κ2) is 42.3. The lowest BCUT2D eigenvalue weighted by molar-refractivity contribution is -0.132. The second-order valence-corrected chi connectivity index (χ2v) is 33.3. The molecule has 3 unspecified atom stereocenters. The van der Waals surface area contributed by atoms with Gasteiger partial charge in [0.1, 0.15) is 5.82 Å². The molecule has 4 atom stereocenters. The summed E-state index contributed by atoms with van der Waals surface area (Å²) in [6.45, 7) is 20.7. The predicted molar refractivity (Wildman–Crippen MR) is 506 cm³/mol. The van der Waals surface area contributed by atoms with Crippen molar-refractivity contribution in [3.8, 4) is 0 Å². The number of fused-ring (bicyclic) bond motifs is 8. The van der Waals surface area contributed by atoms with Crippen LogP contribution in [0.25, 0.3) is 12.2 Å². The maximum atomic E-state index is 12.8. The van der Waals surface area contributed by atoms with E-state index in [9.17, 15) is 19.2 Å². The molecule has 0 bridgehead atoms. The van der Waals surface area contributed by atoms with Crippen LogP contribution >= 0.6 is 0 Å². The molecule has 4 fully saturated rings. The maximum absolute atomic E-state index is 12.8. The average Bonchev–Trinajstić information content (AvgIpc) is 1.71. The molecule has 8 aliphatic rings. The normalized spacial score (nSPS) is 18.1. The summed E-state index contributed by atoms with van der Waals surface area (Å²) in [5.74, 6) is 0.755. The Hall–Kier alpha value is -13.1. The first-order valence-corrected chi connectivity index (χ1v) is 43.6. The molecule has 4 aliphatic heterocycles. The van der Waals surface area contributed by atoms with Gasteiger partial charge in [-0.1, -0.05) is 166 Å². The van der Waals surface area contributed by atoms with Gasteiger partial charge in [0.25, 0.3) is 0 Å². The summed E-state index contributed by atoms with van der Waals surface area (Å²) >= 11 is 0. The van der Waals surface area contributed by atoms with Gasteiger partial charge in [-0.05, 0) is 205 Å². The number of carbonyl (C=O) groups is 4. The van der Waals surface area contributed by atoms with Gasteiger partial charge in [-0.15, -0.1) is 0 Å². The third-order valence-corrected chi connectivity index (χ3v) is 25.2. The third kappa shape index (κ3) is 21.4. The lowest BCUT2D eigenvalue weighted by atomic mass is 9.94. The van der Waals surface area contributed by atoms with E-state index in [-0.39, 0.29) is 70.4 Å². The number of carbonyl (C=O) groups excluding carboxylic acids is 4. The molecule has 8 aromatic heterocycles. The van der Waals surface area contributed by atoms with Gasteiger partial charge < -0.3 is 30.2 Å². The summed E-state index contributed by atoms with van der Waals surface area (Å²) in [5.41, 5.74) is 28.2. The summed E-state index contributed by atoms with van der Waals surface area (Å²) in [6.07, 6.45) is 30.5. The number of aryl methyl sites for hydroxylation is 10. The first kappa shape index (κ1) is 90.2. The quantitative estimate of drug-likeness (QED) is 0.122. The minimum Gasteiger partial charge on any atom is -0.340 e. The fourth-order valence-corrected chi connectivity index (χ4v) is 18.8. The number of hydrogen-bond donors (Lipinski definition) is 3. The van der Waals surface area contributed by atoms with Crippen molar-refractivity contribution in [3.05, 3.63) is 361 Å². The Morgan fingerprint density at radius 2 is 0.654 bits per heavy atom. The van der Waals surface area contributed by atoms with Crippen molar-refractivity contribution in [3.63, 3.8) is 0 Å². The van der Waals surface area contributed by atoms with Crippen LogP contribution < -0.4 is 16.0 Å². The predicted octanol–water partition coefficient (Wildman–Crippen LogP) is 17.1. The van der Waals surface area contributed by atoms with Crippen LogP contribution in [0.2, 0.25) is 0 Å². The highest BCUT2D eigenvalue weighted by molar-refractivity contribution is 5.90.